The Morgan fingerprint density at radius 3 is 2.70 bits per heavy atom. The van der Waals surface area contributed by atoms with Crippen LogP contribution in [0.2, 0.25) is 0 Å². The molecule has 1 aliphatic rings. The Labute approximate surface area is 163 Å². The summed E-state index contributed by atoms with van der Waals surface area (Å²) < 4.78 is 37.6. The number of sulfonamides is 1. The van der Waals surface area contributed by atoms with Gasteiger partial charge in [-0.3, -0.25) is 9.10 Å². The number of ether oxygens (including phenoxy) is 2. The number of hydrogen-bond acceptors (Lipinski definition) is 6. The van der Waals surface area contributed by atoms with Gasteiger partial charge in [0.25, 0.3) is 15.9 Å². The monoisotopic (exact) mass is 410 g/mol. The fourth-order valence-electron chi connectivity index (χ4n) is 2.72. The molecule has 27 heavy (non-hydrogen) atoms. The summed E-state index contributed by atoms with van der Waals surface area (Å²) in [5.41, 5.74) is 0.518. The number of rotatable bonds is 6. The van der Waals surface area contributed by atoms with Crippen molar-refractivity contribution in [2.75, 3.05) is 37.7 Å². The predicted molar refractivity (Wildman–Crippen MR) is 104 cm³/mol. The molecule has 1 saturated heterocycles. The Hall–Kier alpha value is -2.10. The summed E-state index contributed by atoms with van der Waals surface area (Å²) in [6.07, 6.45) is 0.0304. The lowest BCUT2D eigenvalue weighted by Gasteiger charge is -2.31. The molecule has 3 rings (SSSR count). The second kappa shape index (κ2) is 8.28. The lowest BCUT2D eigenvalue weighted by molar-refractivity contribution is -0.140. The average molecular weight is 411 g/mol. The number of thiophene rings is 1. The third-order valence-corrected chi connectivity index (χ3v) is 7.42. The Morgan fingerprint density at radius 2 is 2.07 bits per heavy atom. The zero-order chi connectivity index (χ0) is 19.4. The van der Waals surface area contributed by atoms with Gasteiger partial charge in [-0.1, -0.05) is 6.07 Å². The molecule has 1 fully saturated rings. The van der Waals surface area contributed by atoms with E-state index in [0.29, 0.717) is 31.1 Å². The molecule has 1 amide bonds. The van der Waals surface area contributed by atoms with Crippen LogP contribution in [-0.4, -0.2) is 58.7 Å². The van der Waals surface area contributed by atoms with Crippen LogP contribution in [0.4, 0.5) is 5.69 Å². The van der Waals surface area contributed by atoms with E-state index in [2.05, 4.69) is 0 Å². The molecular weight excluding hydrogens is 388 g/mol. The van der Waals surface area contributed by atoms with E-state index < -0.39 is 10.0 Å². The minimum Gasteiger partial charge on any atom is -0.484 e. The number of hydrogen-bond donors (Lipinski definition) is 0. The van der Waals surface area contributed by atoms with Crippen LogP contribution in [0, 0.1) is 0 Å². The van der Waals surface area contributed by atoms with E-state index in [1.54, 1.807) is 46.7 Å². The number of carbonyl (C=O) groups excluding carboxylic acids is 1. The lowest BCUT2D eigenvalue weighted by Crippen LogP contribution is -2.46. The van der Waals surface area contributed by atoms with Crippen molar-refractivity contribution in [2.24, 2.45) is 0 Å². The van der Waals surface area contributed by atoms with Gasteiger partial charge in [0.1, 0.15) is 9.96 Å². The van der Waals surface area contributed by atoms with Crippen LogP contribution in [0.3, 0.4) is 0 Å². The van der Waals surface area contributed by atoms with Gasteiger partial charge >= 0.3 is 0 Å². The van der Waals surface area contributed by atoms with Crippen molar-refractivity contribution < 1.29 is 22.7 Å². The van der Waals surface area contributed by atoms with E-state index in [0.717, 1.165) is 0 Å². The van der Waals surface area contributed by atoms with E-state index in [9.17, 15) is 13.2 Å². The zero-order valence-electron chi connectivity index (χ0n) is 15.2. The maximum absolute atomic E-state index is 12.5. The van der Waals surface area contributed by atoms with Crippen molar-refractivity contribution >= 4 is 33.0 Å². The van der Waals surface area contributed by atoms with Crippen LogP contribution < -0.4 is 9.04 Å². The first-order chi connectivity index (χ1) is 12.9. The van der Waals surface area contributed by atoms with Crippen molar-refractivity contribution in [1.82, 2.24) is 4.90 Å². The Bertz CT molecular complexity index is 866. The minimum atomic E-state index is -3.57. The van der Waals surface area contributed by atoms with Crippen molar-refractivity contribution in [2.45, 2.75) is 17.2 Å². The molecule has 2 heterocycles. The fourth-order valence-corrected chi connectivity index (χ4v) is 5.07. The normalized spacial score (nSPS) is 17.6. The number of anilines is 1. The highest BCUT2D eigenvalue weighted by Gasteiger charge is 2.23. The summed E-state index contributed by atoms with van der Waals surface area (Å²) in [6, 6.07) is 9.90. The molecule has 0 bridgehead atoms. The summed E-state index contributed by atoms with van der Waals surface area (Å²) in [6.45, 7) is 3.53. The molecule has 146 valence electrons. The second-order valence-corrected chi connectivity index (χ2v) is 9.35. The molecule has 2 aromatic rings. The van der Waals surface area contributed by atoms with Gasteiger partial charge in [0.15, 0.2) is 6.61 Å². The van der Waals surface area contributed by atoms with Gasteiger partial charge in [-0.25, -0.2) is 8.42 Å². The van der Waals surface area contributed by atoms with Gasteiger partial charge in [0.2, 0.25) is 0 Å². The summed E-state index contributed by atoms with van der Waals surface area (Å²) in [5.74, 6) is 0.418. The molecule has 0 saturated carbocycles. The maximum Gasteiger partial charge on any atom is 0.273 e. The molecule has 1 aromatic heterocycles. The Kier molecular flexibility index (Phi) is 6.03. The van der Waals surface area contributed by atoms with E-state index in [1.165, 1.54) is 22.7 Å². The molecule has 0 radical (unpaired) electrons. The lowest BCUT2D eigenvalue weighted by atomic mass is 10.3. The first-order valence-corrected chi connectivity index (χ1v) is 10.8. The fraction of sp³-hybridized carbons (Fsp3) is 0.389. The highest BCUT2D eigenvalue weighted by Crippen LogP contribution is 2.26. The second-order valence-electron chi connectivity index (χ2n) is 6.21. The maximum atomic E-state index is 12.5. The van der Waals surface area contributed by atoms with Gasteiger partial charge in [0, 0.05) is 20.1 Å². The van der Waals surface area contributed by atoms with Crippen molar-refractivity contribution in [3.05, 3.63) is 41.8 Å². The number of amides is 1. The summed E-state index contributed by atoms with van der Waals surface area (Å²) in [4.78, 5) is 13.9. The molecule has 9 heteroatoms. The highest BCUT2D eigenvalue weighted by atomic mass is 32.2. The third-order valence-electron chi connectivity index (χ3n) is 4.27. The number of benzene rings is 1. The molecule has 1 atom stereocenters. The van der Waals surface area contributed by atoms with E-state index >= 15 is 0 Å². The zero-order valence-corrected chi connectivity index (χ0v) is 16.8. The van der Waals surface area contributed by atoms with E-state index in [4.69, 9.17) is 9.47 Å². The molecule has 0 aliphatic carbocycles. The van der Waals surface area contributed by atoms with Crippen LogP contribution in [0.5, 0.6) is 5.75 Å². The molecule has 0 N–H and O–H groups in total. The number of nitrogens with zero attached hydrogens (tertiary/aromatic N) is 2. The SMILES string of the molecule is C[C@H]1CN(C(=O)COc2ccc(N(C)S(=O)(=O)c3cccs3)cc2)CCO1. The quantitative estimate of drug-likeness (QED) is 0.730. The first kappa shape index (κ1) is 19.7. The largest absolute Gasteiger partial charge is 0.484 e. The molecular formula is C18H22N2O5S2. The van der Waals surface area contributed by atoms with Crippen molar-refractivity contribution in [1.29, 1.82) is 0 Å². The Balaban J connectivity index is 1.59. The predicted octanol–water partition coefficient (Wildman–Crippen LogP) is 2.20. The van der Waals surface area contributed by atoms with Crippen molar-refractivity contribution in [3.63, 3.8) is 0 Å². The number of morpholine rings is 1. The van der Waals surface area contributed by atoms with Gasteiger partial charge < -0.3 is 14.4 Å². The van der Waals surface area contributed by atoms with Gasteiger partial charge in [-0.2, -0.15) is 0 Å². The molecule has 1 aromatic carbocycles. The smallest absolute Gasteiger partial charge is 0.273 e. The molecule has 0 unspecified atom stereocenters. The van der Waals surface area contributed by atoms with E-state index in [1.807, 2.05) is 6.92 Å². The summed E-state index contributed by atoms with van der Waals surface area (Å²) in [5, 5.41) is 1.73. The Morgan fingerprint density at radius 1 is 1.33 bits per heavy atom. The van der Waals surface area contributed by atoms with Crippen LogP contribution in [0.1, 0.15) is 6.92 Å². The average Bonchev–Trinajstić information content (AvgIpc) is 3.21. The minimum absolute atomic E-state index is 0.0304. The third kappa shape index (κ3) is 4.60. The van der Waals surface area contributed by atoms with Crippen LogP contribution in [0.15, 0.2) is 46.0 Å². The highest BCUT2D eigenvalue weighted by molar-refractivity contribution is 7.94. The first-order valence-electron chi connectivity index (χ1n) is 8.52. The van der Waals surface area contributed by atoms with Crippen LogP contribution in [-0.2, 0) is 19.6 Å². The van der Waals surface area contributed by atoms with Gasteiger partial charge in [0.05, 0.1) is 18.4 Å². The van der Waals surface area contributed by atoms with Crippen LogP contribution in [0.25, 0.3) is 0 Å². The topological polar surface area (TPSA) is 76.2 Å². The molecule has 0 spiro atoms. The van der Waals surface area contributed by atoms with Gasteiger partial charge in [-0.15, -0.1) is 11.3 Å². The van der Waals surface area contributed by atoms with Crippen molar-refractivity contribution in [3.8, 4) is 5.75 Å². The standard InChI is InChI=1S/C18H22N2O5S2/c1-14-12-20(9-10-24-14)17(21)13-25-16-7-5-15(6-8-16)19(2)27(22,23)18-4-3-11-26-18/h3-8,11,14H,9-10,12-13H2,1-2H3/t14-/m0/s1. The summed E-state index contributed by atoms with van der Waals surface area (Å²) >= 11 is 1.18. The molecule has 7 nitrogen and oxygen atoms in total. The number of carbonyl (C=O) groups is 1. The van der Waals surface area contributed by atoms with Gasteiger partial charge in [-0.05, 0) is 42.6 Å². The van der Waals surface area contributed by atoms with E-state index in [-0.39, 0.29) is 22.8 Å². The molecule has 1 aliphatic heterocycles. The van der Waals surface area contributed by atoms with Crippen LogP contribution >= 0.6 is 11.3 Å². The summed E-state index contributed by atoms with van der Waals surface area (Å²) in [7, 11) is -2.06.